The minimum atomic E-state index is -0.0835. The average Bonchev–Trinajstić information content (AvgIpc) is 3.05. The molecule has 3 aromatic rings. The van der Waals surface area contributed by atoms with Crippen LogP contribution < -0.4 is 4.90 Å². The highest BCUT2D eigenvalue weighted by molar-refractivity contribution is 6.09. The van der Waals surface area contributed by atoms with Gasteiger partial charge in [0.2, 0.25) is 5.69 Å². The second-order valence-electron chi connectivity index (χ2n) is 9.54. The summed E-state index contributed by atoms with van der Waals surface area (Å²) in [5.41, 5.74) is 7.90. The molecule has 0 fully saturated rings. The Hall–Kier alpha value is -3.13. The zero-order valence-electron chi connectivity index (χ0n) is 21.0. The Morgan fingerprint density at radius 3 is 2.27 bits per heavy atom. The summed E-state index contributed by atoms with van der Waals surface area (Å²) in [6.07, 6.45) is 7.98. The largest absolute Gasteiger partial charge is 0.372 e. The summed E-state index contributed by atoms with van der Waals surface area (Å²) in [6.45, 7) is 13.3. The molecule has 0 N–H and O–H groups in total. The van der Waals surface area contributed by atoms with Crippen molar-refractivity contribution in [3.05, 3.63) is 89.5 Å². The number of hydrogen-bond acceptors (Lipinski definition) is 1. The lowest BCUT2D eigenvalue weighted by atomic mass is 9.74. The maximum atomic E-state index is 2.41. The lowest BCUT2D eigenvalue weighted by molar-refractivity contribution is -0.401. The van der Waals surface area contributed by atoms with Crippen molar-refractivity contribution >= 4 is 33.9 Å². The number of rotatable bonds is 7. The first-order valence-electron chi connectivity index (χ1n) is 12.2. The normalized spacial score (nSPS) is 17.6. The quantitative estimate of drug-likeness (QED) is 0.271. The molecule has 0 saturated heterocycles. The summed E-state index contributed by atoms with van der Waals surface area (Å²) in [5.74, 6) is 0. The van der Waals surface area contributed by atoms with Crippen molar-refractivity contribution in [2.45, 2.75) is 46.5 Å². The third-order valence-corrected chi connectivity index (χ3v) is 7.12. The van der Waals surface area contributed by atoms with Gasteiger partial charge >= 0.3 is 0 Å². The molecule has 0 radical (unpaired) electrons. The van der Waals surface area contributed by atoms with E-state index in [1.807, 2.05) is 0 Å². The highest BCUT2D eigenvalue weighted by atomic mass is 15.1. The predicted molar refractivity (Wildman–Crippen MR) is 145 cm³/mol. The number of allylic oxidation sites excluding steroid dienone is 3. The first-order chi connectivity index (χ1) is 15.9. The molecule has 0 aromatic heterocycles. The van der Waals surface area contributed by atoms with Crippen LogP contribution in [0.3, 0.4) is 0 Å². The summed E-state index contributed by atoms with van der Waals surface area (Å²) in [7, 11) is 2.21. The molecular weight excluding hydrogens is 400 g/mol. The molecule has 0 spiro atoms. The van der Waals surface area contributed by atoms with Crippen LogP contribution in [0.1, 0.15) is 52.2 Å². The minimum Gasteiger partial charge on any atom is -0.372 e. The highest BCUT2D eigenvalue weighted by Gasteiger charge is 2.46. The molecule has 3 aromatic carbocycles. The maximum absolute atomic E-state index is 2.41. The standard InChI is InChI=1S/C31H37N2/c1-7-33(8-2)26-17-13-24(14-18-26)15-20-29-31(5,22-21-23(3)4)30-27-12-10-9-11-25(27)16-19-28(30)32(29)6/h9-21H,7-8,22H2,1-6H3/q+1. The molecule has 0 aliphatic carbocycles. The van der Waals surface area contributed by atoms with Crippen molar-refractivity contribution < 1.29 is 4.58 Å². The summed E-state index contributed by atoms with van der Waals surface area (Å²) in [6, 6.07) is 22.3. The Labute approximate surface area is 199 Å². The van der Waals surface area contributed by atoms with Crippen LogP contribution in [0.15, 0.2) is 78.4 Å². The fourth-order valence-electron chi connectivity index (χ4n) is 5.22. The van der Waals surface area contributed by atoms with E-state index in [1.54, 1.807) is 0 Å². The molecular formula is C31H37N2+. The van der Waals surface area contributed by atoms with Crippen molar-refractivity contribution in [1.82, 2.24) is 0 Å². The molecule has 1 unspecified atom stereocenters. The van der Waals surface area contributed by atoms with E-state index in [0.717, 1.165) is 19.5 Å². The van der Waals surface area contributed by atoms with E-state index in [9.17, 15) is 0 Å². The molecule has 0 amide bonds. The van der Waals surface area contributed by atoms with Crippen LogP contribution in [-0.2, 0) is 5.41 Å². The molecule has 1 aliphatic rings. The van der Waals surface area contributed by atoms with Crippen molar-refractivity contribution in [3.63, 3.8) is 0 Å². The van der Waals surface area contributed by atoms with E-state index in [-0.39, 0.29) is 5.41 Å². The Bertz CT molecular complexity index is 1240. The molecule has 1 atom stereocenters. The molecule has 4 rings (SSSR count). The van der Waals surface area contributed by atoms with E-state index in [4.69, 9.17) is 0 Å². The molecule has 1 heterocycles. The molecule has 0 saturated carbocycles. The van der Waals surface area contributed by atoms with Gasteiger partial charge in [-0.3, -0.25) is 0 Å². The smallest absolute Gasteiger partial charge is 0.210 e. The van der Waals surface area contributed by atoms with Crippen LogP contribution in [0, 0.1) is 0 Å². The second kappa shape index (κ2) is 9.39. The Morgan fingerprint density at radius 2 is 1.61 bits per heavy atom. The van der Waals surface area contributed by atoms with Gasteiger partial charge in [-0.15, -0.1) is 0 Å². The average molecular weight is 438 g/mol. The SMILES string of the molecule is CCN(CC)c1ccc(/C=C/C2=[N+](C)c3ccc4ccccc4c3C2(C)CC=C(C)C)cc1. The van der Waals surface area contributed by atoms with Gasteiger partial charge in [-0.05, 0) is 81.7 Å². The maximum Gasteiger partial charge on any atom is 0.210 e. The van der Waals surface area contributed by atoms with Crippen molar-refractivity contribution in [2.75, 3.05) is 25.0 Å². The Balaban J connectivity index is 1.77. The monoisotopic (exact) mass is 437 g/mol. The van der Waals surface area contributed by atoms with Crippen molar-refractivity contribution in [1.29, 1.82) is 0 Å². The molecule has 2 nitrogen and oxygen atoms in total. The number of anilines is 1. The fraction of sp³-hybridized carbons (Fsp3) is 0.323. The van der Waals surface area contributed by atoms with Gasteiger partial charge in [0.15, 0.2) is 5.71 Å². The van der Waals surface area contributed by atoms with E-state index in [0.29, 0.717) is 0 Å². The molecule has 0 bridgehead atoms. The van der Waals surface area contributed by atoms with Gasteiger partial charge in [0, 0.05) is 36.5 Å². The Morgan fingerprint density at radius 1 is 0.909 bits per heavy atom. The molecule has 1 aliphatic heterocycles. The van der Waals surface area contributed by atoms with Gasteiger partial charge < -0.3 is 4.90 Å². The first-order valence-corrected chi connectivity index (χ1v) is 12.2. The zero-order valence-corrected chi connectivity index (χ0v) is 21.0. The van der Waals surface area contributed by atoms with Gasteiger partial charge in [-0.25, -0.2) is 0 Å². The highest BCUT2D eigenvalue weighted by Crippen LogP contribution is 2.46. The van der Waals surface area contributed by atoms with Crippen LogP contribution in [0.25, 0.3) is 16.8 Å². The third kappa shape index (κ3) is 4.27. The zero-order chi connectivity index (χ0) is 23.6. The van der Waals surface area contributed by atoms with Crippen LogP contribution in [0.2, 0.25) is 0 Å². The van der Waals surface area contributed by atoms with Crippen molar-refractivity contribution in [3.8, 4) is 0 Å². The lowest BCUT2D eigenvalue weighted by Crippen LogP contribution is -2.30. The van der Waals surface area contributed by atoms with Crippen LogP contribution >= 0.6 is 0 Å². The van der Waals surface area contributed by atoms with Crippen LogP contribution in [0.5, 0.6) is 0 Å². The Kier molecular flexibility index (Phi) is 6.56. The number of fused-ring (bicyclic) bond motifs is 3. The van der Waals surface area contributed by atoms with Crippen LogP contribution in [0.4, 0.5) is 11.4 Å². The molecule has 33 heavy (non-hydrogen) atoms. The van der Waals surface area contributed by atoms with Gasteiger partial charge in [0.25, 0.3) is 0 Å². The van der Waals surface area contributed by atoms with E-state index in [1.165, 1.54) is 44.6 Å². The van der Waals surface area contributed by atoms with E-state index in [2.05, 4.69) is 130 Å². The summed E-state index contributed by atoms with van der Waals surface area (Å²) in [5, 5.41) is 2.67. The summed E-state index contributed by atoms with van der Waals surface area (Å²) in [4.78, 5) is 2.38. The van der Waals surface area contributed by atoms with Gasteiger partial charge in [0.1, 0.15) is 7.05 Å². The third-order valence-electron chi connectivity index (χ3n) is 7.12. The van der Waals surface area contributed by atoms with Crippen molar-refractivity contribution in [2.24, 2.45) is 0 Å². The van der Waals surface area contributed by atoms with Gasteiger partial charge in [-0.2, -0.15) is 4.58 Å². The first kappa shape index (κ1) is 23.0. The topological polar surface area (TPSA) is 6.25 Å². The van der Waals surface area contributed by atoms with Crippen LogP contribution in [-0.4, -0.2) is 30.4 Å². The van der Waals surface area contributed by atoms with E-state index >= 15 is 0 Å². The van der Waals surface area contributed by atoms with Gasteiger partial charge in [-0.1, -0.05) is 48.0 Å². The molecule has 2 heteroatoms. The fourth-order valence-corrected chi connectivity index (χ4v) is 5.22. The van der Waals surface area contributed by atoms with E-state index < -0.39 is 0 Å². The van der Waals surface area contributed by atoms with Gasteiger partial charge in [0.05, 0.1) is 5.41 Å². The number of hydrogen-bond donors (Lipinski definition) is 0. The lowest BCUT2D eigenvalue weighted by Gasteiger charge is -2.22. The minimum absolute atomic E-state index is 0.0835. The molecule has 170 valence electrons. The number of nitrogens with zero attached hydrogens (tertiary/aromatic N) is 2. The predicted octanol–water partition coefficient (Wildman–Crippen LogP) is 7.74. The summed E-state index contributed by atoms with van der Waals surface area (Å²) >= 11 is 0. The summed E-state index contributed by atoms with van der Waals surface area (Å²) < 4.78 is 2.39. The number of benzene rings is 3. The second-order valence-corrected chi connectivity index (χ2v) is 9.54.